The summed E-state index contributed by atoms with van der Waals surface area (Å²) in [4.78, 5) is 4.35. The maximum absolute atomic E-state index is 9.39. The number of hydrogen-bond acceptors (Lipinski definition) is 4. The van der Waals surface area contributed by atoms with E-state index in [1.165, 1.54) is 0 Å². The fourth-order valence-corrected chi connectivity index (χ4v) is 2.01. The molecule has 4 nitrogen and oxygen atoms in total. The summed E-state index contributed by atoms with van der Waals surface area (Å²) in [6.07, 6.45) is 1.73. The molecule has 0 saturated carbocycles. The van der Waals surface area contributed by atoms with Crippen molar-refractivity contribution in [1.82, 2.24) is 0 Å². The Morgan fingerprint density at radius 3 is 2.32 bits per heavy atom. The highest BCUT2D eigenvalue weighted by molar-refractivity contribution is 9.10. The quantitative estimate of drug-likeness (QED) is 0.767. The molecule has 0 aromatic heterocycles. The van der Waals surface area contributed by atoms with Crippen LogP contribution in [0, 0.1) is 0 Å². The standard InChI is InChI=1S/C17H18BrNO3/c1-21-16-6-2-13(3-7-16)10-19-15(11-20)12-22-17-8-4-14(18)5-9-17/h2-10,15,20H,11-12H2,1H3/t15-/m0/s1. The van der Waals surface area contributed by atoms with E-state index >= 15 is 0 Å². The van der Waals surface area contributed by atoms with Crippen molar-refractivity contribution < 1.29 is 14.6 Å². The molecule has 0 spiro atoms. The van der Waals surface area contributed by atoms with Crippen molar-refractivity contribution in [2.75, 3.05) is 20.3 Å². The lowest BCUT2D eigenvalue weighted by Gasteiger charge is -2.11. The Bertz CT molecular complexity index is 596. The minimum Gasteiger partial charge on any atom is -0.497 e. The highest BCUT2D eigenvalue weighted by Crippen LogP contribution is 2.16. The van der Waals surface area contributed by atoms with Gasteiger partial charge in [-0.3, -0.25) is 4.99 Å². The van der Waals surface area contributed by atoms with Gasteiger partial charge >= 0.3 is 0 Å². The molecule has 0 radical (unpaired) electrons. The second-order valence-electron chi connectivity index (χ2n) is 4.65. The van der Waals surface area contributed by atoms with Gasteiger partial charge in [0.2, 0.25) is 0 Å². The van der Waals surface area contributed by atoms with Gasteiger partial charge in [0.05, 0.1) is 13.7 Å². The average Bonchev–Trinajstić information content (AvgIpc) is 2.57. The Morgan fingerprint density at radius 2 is 1.73 bits per heavy atom. The van der Waals surface area contributed by atoms with Gasteiger partial charge in [-0.2, -0.15) is 0 Å². The molecule has 0 bridgehead atoms. The maximum atomic E-state index is 9.39. The molecule has 1 atom stereocenters. The summed E-state index contributed by atoms with van der Waals surface area (Å²) in [5.41, 5.74) is 0.947. The van der Waals surface area contributed by atoms with E-state index in [0.29, 0.717) is 6.61 Å². The number of benzene rings is 2. The number of methoxy groups -OCH3 is 1. The number of aliphatic hydroxyl groups excluding tert-OH is 1. The molecule has 2 aromatic rings. The van der Waals surface area contributed by atoms with E-state index in [4.69, 9.17) is 9.47 Å². The van der Waals surface area contributed by atoms with Crippen molar-refractivity contribution in [3.8, 4) is 11.5 Å². The zero-order chi connectivity index (χ0) is 15.8. The SMILES string of the molecule is COc1ccc(C=N[C@@H](CO)COc2ccc(Br)cc2)cc1. The second kappa shape index (κ2) is 8.56. The van der Waals surface area contributed by atoms with Crippen LogP contribution in [0.1, 0.15) is 5.56 Å². The lowest BCUT2D eigenvalue weighted by molar-refractivity contribution is 0.208. The van der Waals surface area contributed by atoms with Gasteiger partial charge in [-0.1, -0.05) is 15.9 Å². The molecule has 5 heteroatoms. The van der Waals surface area contributed by atoms with Crippen LogP contribution in [0.4, 0.5) is 0 Å². The lowest BCUT2D eigenvalue weighted by atomic mass is 10.2. The highest BCUT2D eigenvalue weighted by Gasteiger charge is 2.05. The van der Waals surface area contributed by atoms with E-state index in [2.05, 4.69) is 20.9 Å². The van der Waals surface area contributed by atoms with Crippen LogP contribution in [0.2, 0.25) is 0 Å². The molecule has 1 N–H and O–H groups in total. The van der Waals surface area contributed by atoms with Crippen molar-refractivity contribution >= 4 is 22.1 Å². The van der Waals surface area contributed by atoms with Crippen LogP contribution in [0.15, 0.2) is 58.0 Å². The Morgan fingerprint density at radius 1 is 1.09 bits per heavy atom. The predicted molar refractivity (Wildman–Crippen MR) is 91.1 cm³/mol. The summed E-state index contributed by atoms with van der Waals surface area (Å²) in [6, 6.07) is 14.8. The highest BCUT2D eigenvalue weighted by atomic mass is 79.9. The topological polar surface area (TPSA) is 51.0 Å². The Hall–Kier alpha value is -1.85. The summed E-state index contributed by atoms with van der Waals surface area (Å²) in [5, 5.41) is 9.39. The summed E-state index contributed by atoms with van der Waals surface area (Å²) in [5.74, 6) is 1.55. The van der Waals surface area contributed by atoms with Crippen molar-refractivity contribution in [3.05, 3.63) is 58.6 Å². The molecule has 0 heterocycles. The summed E-state index contributed by atoms with van der Waals surface area (Å²) >= 11 is 3.37. The second-order valence-corrected chi connectivity index (χ2v) is 5.57. The molecule has 0 unspecified atom stereocenters. The van der Waals surface area contributed by atoms with E-state index in [1.54, 1.807) is 13.3 Å². The first-order chi connectivity index (χ1) is 10.7. The number of nitrogens with zero attached hydrogens (tertiary/aromatic N) is 1. The van der Waals surface area contributed by atoms with Crippen LogP contribution in [-0.2, 0) is 0 Å². The van der Waals surface area contributed by atoms with Crippen molar-refractivity contribution in [1.29, 1.82) is 0 Å². The fourth-order valence-electron chi connectivity index (χ4n) is 1.75. The minimum absolute atomic E-state index is 0.0663. The van der Waals surface area contributed by atoms with Gasteiger partial charge in [0, 0.05) is 10.7 Å². The Balaban J connectivity index is 1.90. The number of aliphatic imine (C=N–C) groups is 1. The first kappa shape index (κ1) is 16.5. The first-order valence-corrected chi connectivity index (χ1v) is 7.67. The molecule has 0 aliphatic heterocycles. The molecule has 2 aromatic carbocycles. The maximum Gasteiger partial charge on any atom is 0.119 e. The van der Waals surface area contributed by atoms with E-state index in [9.17, 15) is 5.11 Å². The van der Waals surface area contributed by atoms with Gasteiger partial charge in [0.1, 0.15) is 24.1 Å². The average molecular weight is 364 g/mol. The molecule has 0 fully saturated rings. The van der Waals surface area contributed by atoms with Crippen molar-refractivity contribution in [2.45, 2.75) is 6.04 Å². The van der Waals surface area contributed by atoms with Gasteiger partial charge in [0.15, 0.2) is 0 Å². The van der Waals surface area contributed by atoms with Crippen molar-refractivity contribution in [2.24, 2.45) is 4.99 Å². The third-order valence-corrected chi connectivity index (χ3v) is 3.55. The van der Waals surface area contributed by atoms with Crippen LogP contribution >= 0.6 is 15.9 Å². The molecule has 22 heavy (non-hydrogen) atoms. The number of rotatable bonds is 7. The monoisotopic (exact) mass is 363 g/mol. The molecular formula is C17H18BrNO3. The van der Waals surface area contributed by atoms with Gasteiger partial charge in [-0.05, 0) is 54.1 Å². The van der Waals surface area contributed by atoms with E-state index in [-0.39, 0.29) is 12.6 Å². The molecule has 116 valence electrons. The van der Waals surface area contributed by atoms with Gasteiger partial charge in [-0.25, -0.2) is 0 Å². The number of aliphatic hydroxyl groups is 1. The van der Waals surface area contributed by atoms with E-state index < -0.39 is 0 Å². The Labute approximate surface area is 138 Å². The fraction of sp³-hybridized carbons (Fsp3) is 0.235. The third-order valence-electron chi connectivity index (χ3n) is 3.02. The number of halogens is 1. The van der Waals surface area contributed by atoms with E-state index in [1.807, 2.05) is 48.5 Å². The van der Waals surface area contributed by atoms with Crippen LogP contribution in [0.3, 0.4) is 0 Å². The predicted octanol–water partition coefficient (Wildman–Crippen LogP) is 3.32. The Kier molecular flexibility index (Phi) is 6.43. The van der Waals surface area contributed by atoms with Crippen LogP contribution < -0.4 is 9.47 Å². The number of ether oxygens (including phenoxy) is 2. The van der Waals surface area contributed by atoms with Gasteiger partial charge < -0.3 is 14.6 Å². The normalized spacial score (nSPS) is 12.3. The minimum atomic E-state index is -0.300. The first-order valence-electron chi connectivity index (χ1n) is 6.87. The molecule has 2 rings (SSSR count). The summed E-state index contributed by atoms with van der Waals surface area (Å²) in [7, 11) is 1.63. The summed E-state index contributed by atoms with van der Waals surface area (Å²) < 4.78 is 11.7. The third kappa shape index (κ3) is 5.16. The molecule has 0 amide bonds. The molecule has 0 aliphatic rings. The van der Waals surface area contributed by atoms with Crippen LogP contribution in [0.5, 0.6) is 11.5 Å². The number of hydrogen-bond donors (Lipinski definition) is 1. The van der Waals surface area contributed by atoms with Crippen molar-refractivity contribution in [3.63, 3.8) is 0 Å². The summed E-state index contributed by atoms with van der Waals surface area (Å²) in [6.45, 7) is 0.258. The van der Waals surface area contributed by atoms with E-state index in [0.717, 1.165) is 21.5 Å². The molecular weight excluding hydrogens is 346 g/mol. The zero-order valence-corrected chi connectivity index (χ0v) is 13.9. The smallest absolute Gasteiger partial charge is 0.119 e. The van der Waals surface area contributed by atoms with Crippen LogP contribution in [-0.4, -0.2) is 37.7 Å². The van der Waals surface area contributed by atoms with Gasteiger partial charge in [0.25, 0.3) is 0 Å². The lowest BCUT2D eigenvalue weighted by Crippen LogP contribution is -2.20. The van der Waals surface area contributed by atoms with Crippen LogP contribution in [0.25, 0.3) is 0 Å². The molecule has 0 saturated heterocycles. The largest absolute Gasteiger partial charge is 0.497 e. The zero-order valence-electron chi connectivity index (χ0n) is 12.3. The van der Waals surface area contributed by atoms with Gasteiger partial charge in [-0.15, -0.1) is 0 Å². The molecule has 0 aliphatic carbocycles.